The van der Waals surface area contributed by atoms with Crippen LogP contribution in [-0.2, 0) is 9.59 Å². The number of aromatic hydroxyl groups is 1. The monoisotopic (exact) mass is 485 g/mol. The zero-order valence-corrected chi connectivity index (χ0v) is 18.5. The second kappa shape index (κ2) is 9.15. The lowest BCUT2D eigenvalue weighted by molar-refractivity contribution is -0.132. The minimum Gasteiger partial charge on any atom is -0.508 e. The van der Waals surface area contributed by atoms with Gasteiger partial charge in [-0.15, -0.1) is 0 Å². The van der Waals surface area contributed by atoms with Crippen LogP contribution in [0.3, 0.4) is 0 Å². The Labute approximate surface area is 198 Å². The zero-order chi connectivity index (χ0) is 24.6. The van der Waals surface area contributed by atoms with Gasteiger partial charge in [0.15, 0.2) is 11.6 Å². The summed E-state index contributed by atoms with van der Waals surface area (Å²) in [4.78, 5) is 27.2. The largest absolute Gasteiger partial charge is 0.508 e. The number of amides is 1. The molecule has 1 unspecified atom stereocenters. The Morgan fingerprint density at radius 2 is 1.74 bits per heavy atom. The summed E-state index contributed by atoms with van der Waals surface area (Å²) in [7, 11) is 0. The lowest BCUT2D eigenvalue weighted by Gasteiger charge is -2.25. The van der Waals surface area contributed by atoms with Gasteiger partial charge < -0.3 is 14.9 Å². The van der Waals surface area contributed by atoms with E-state index in [2.05, 4.69) is 0 Å². The van der Waals surface area contributed by atoms with Crippen LogP contribution in [0.5, 0.6) is 11.5 Å². The minimum absolute atomic E-state index is 0.0553. The maximum absolute atomic E-state index is 14.0. The Bertz CT molecular complexity index is 1320. The van der Waals surface area contributed by atoms with Gasteiger partial charge in [-0.2, -0.15) is 0 Å². The maximum atomic E-state index is 14.0. The number of hydrogen-bond acceptors (Lipinski definition) is 5. The molecule has 0 radical (unpaired) electrons. The number of aliphatic hydroxyl groups is 1. The molecule has 1 aliphatic rings. The van der Waals surface area contributed by atoms with Gasteiger partial charge in [0.25, 0.3) is 11.7 Å². The molecule has 1 amide bonds. The van der Waals surface area contributed by atoms with Crippen molar-refractivity contribution in [1.82, 2.24) is 0 Å². The topological polar surface area (TPSA) is 87.1 Å². The van der Waals surface area contributed by atoms with Crippen molar-refractivity contribution < 1.29 is 33.3 Å². The first-order chi connectivity index (χ1) is 16.2. The second-order valence-electron chi connectivity index (χ2n) is 7.43. The van der Waals surface area contributed by atoms with Gasteiger partial charge in [0, 0.05) is 17.3 Å². The molecule has 0 aromatic heterocycles. The van der Waals surface area contributed by atoms with Crippen LogP contribution >= 0.6 is 11.6 Å². The van der Waals surface area contributed by atoms with Crippen molar-refractivity contribution in [3.8, 4) is 11.5 Å². The fourth-order valence-corrected chi connectivity index (χ4v) is 4.00. The lowest BCUT2D eigenvalue weighted by Crippen LogP contribution is -2.29. The van der Waals surface area contributed by atoms with Gasteiger partial charge in [0.2, 0.25) is 0 Å². The third-order valence-electron chi connectivity index (χ3n) is 5.34. The van der Waals surface area contributed by atoms with E-state index in [1.807, 2.05) is 0 Å². The first-order valence-electron chi connectivity index (χ1n) is 10.2. The molecule has 3 aromatic carbocycles. The van der Waals surface area contributed by atoms with Gasteiger partial charge in [-0.05, 0) is 55.0 Å². The average Bonchev–Trinajstić information content (AvgIpc) is 3.08. The first-order valence-corrected chi connectivity index (χ1v) is 10.6. The van der Waals surface area contributed by atoms with Crippen LogP contribution in [0.15, 0.2) is 66.2 Å². The zero-order valence-electron chi connectivity index (χ0n) is 17.8. The molecule has 34 heavy (non-hydrogen) atoms. The van der Waals surface area contributed by atoms with E-state index in [1.165, 1.54) is 36.4 Å². The van der Waals surface area contributed by atoms with Crippen molar-refractivity contribution in [1.29, 1.82) is 0 Å². The van der Waals surface area contributed by atoms with Gasteiger partial charge in [-0.25, -0.2) is 8.78 Å². The van der Waals surface area contributed by atoms with Crippen molar-refractivity contribution in [3.63, 3.8) is 0 Å². The highest BCUT2D eigenvalue weighted by molar-refractivity contribution is 6.52. The SMILES string of the molecule is CCOc1ccc(Cl)c(/C(O)=C2\C(=O)C(=O)N(c3ccc(F)c(F)c3)C2c2ccc(O)cc2)c1. The van der Waals surface area contributed by atoms with E-state index in [1.54, 1.807) is 13.0 Å². The van der Waals surface area contributed by atoms with Crippen LogP contribution in [-0.4, -0.2) is 28.5 Å². The molecule has 0 spiro atoms. The number of hydrogen-bond donors (Lipinski definition) is 2. The Hall–Kier alpha value is -3.91. The highest BCUT2D eigenvalue weighted by Gasteiger charge is 2.47. The molecule has 2 N–H and O–H groups in total. The molecule has 1 atom stereocenters. The first kappa shape index (κ1) is 23.3. The number of nitrogens with zero attached hydrogens (tertiary/aromatic N) is 1. The number of phenols is 1. The van der Waals surface area contributed by atoms with E-state index < -0.39 is 35.1 Å². The summed E-state index contributed by atoms with van der Waals surface area (Å²) in [6.07, 6.45) is 0. The van der Waals surface area contributed by atoms with E-state index in [-0.39, 0.29) is 27.6 Å². The molecule has 1 aliphatic heterocycles. The van der Waals surface area contributed by atoms with Gasteiger partial charge >= 0.3 is 0 Å². The van der Waals surface area contributed by atoms with E-state index >= 15 is 0 Å². The van der Waals surface area contributed by atoms with Gasteiger partial charge in [-0.1, -0.05) is 23.7 Å². The number of ether oxygens (including phenoxy) is 1. The third-order valence-corrected chi connectivity index (χ3v) is 5.67. The van der Waals surface area contributed by atoms with Crippen molar-refractivity contribution >= 4 is 34.7 Å². The van der Waals surface area contributed by atoms with Crippen LogP contribution in [0.1, 0.15) is 24.1 Å². The lowest BCUT2D eigenvalue weighted by atomic mass is 9.95. The number of halogens is 3. The Morgan fingerprint density at radius 1 is 1.03 bits per heavy atom. The molecular formula is C25H18ClF2NO5. The summed E-state index contributed by atoms with van der Waals surface area (Å²) in [5, 5.41) is 21.0. The standard InChI is InChI=1S/C25H18ClF2NO5/c1-2-34-16-8-9-18(26)17(12-16)23(31)21-22(13-3-6-15(30)7-4-13)29(25(33)24(21)32)14-5-10-19(27)20(28)11-14/h3-12,22,30-31H,2H2,1H3/b23-21+. The molecule has 4 rings (SSSR count). The van der Waals surface area contributed by atoms with E-state index in [4.69, 9.17) is 16.3 Å². The quantitative estimate of drug-likeness (QED) is 0.289. The van der Waals surface area contributed by atoms with Crippen LogP contribution in [0.4, 0.5) is 14.5 Å². The Morgan fingerprint density at radius 3 is 2.38 bits per heavy atom. The van der Waals surface area contributed by atoms with Crippen molar-refractivity contribution in [2.75, 3.05) is 11.5 Å². The normalized spacial score (nSPS) is 17.3. The number of phenolic OH excluding ortho intramolecular Hbond substituents is 1. The predicted molar refractivity (Wildman–Crippen MR) is 122 cm³/mol. The number of carbonyl (C=O) groups is 2. The fraction of sp³-hybridized carbons (Fsp3) is 0.120. The number of benzene rings is 3. The van der Waals surface area contributed by atoms with Gasteiger partial charge in [0.1, 0.15) is 17.3 Å². The maximum Gasteiger partial charge on any atom is 0.300 e. The molecule has 0 bridgehead atoms. The molecule has 1 fully saturated rings. The Balaban J connectivity index is 1.96. The summed E-state index contributed by atoms with van der Waals surface area (Å²) < 4.78 is 33.0. The summed E-state index contributed by atoms with van der Waals surface area (Å²) >= 11 is 6.28. The minimum atomic E-state index is -1.21. The highest BCUT2D eigenvalue weighted by Crippen LogP contribution is 2.43. The number of ketones is 1. The van der Waals surface area contributed by atoms with Crippen molar-refractivity contribution in [2.45, 2.75) is 13.0 Å². The van der Waals surface area contributed by atoms with Crippen molar-refractivity contribution in [3.05, 3.63) is 94.0 Å². The van der Waals surface area contributed by atoms with Gasteiger partial charge in [0.05, 0.1) is 23.2 Å². The molecule has 1 saturated heterocycles. The fourth-order valence-electron chi connectivity index (χ4n) is 3.79. The van der Waals surface area contributed by atoms with E-state index in [0.717, 1.165) is 23.1 Å². The third kappa shape index (κ3) is 4.08. The van der Waals surface area contributed by atoms with Crippen molar-refractivity contribution in [2.24, 2.45) is 0 Å². The molecule has 6 nitrogen and oxygen atoms in total. The number of anilines is 1. The summed E-state index contributed by atoms with van der Waals surface area (Å²) in [5.41, 5.74) is -0.0108. The molecule has 1 heterocycles. The number of aliphatic hydroxyl groups excluding tert-OH is 1. The summed E-state index contributed by atoms with van der Waals surface area (Å²) in [6.45, 7) is 2.11. The smallest absolute Gasteiger partial charge is 0.300 e. The summed E-state index contributed by atoms with van der Waals surface area (Å²) in [6, 6.07) is 11.6. The average molecular weight is 486 g/mol. The number of rotatable bonds is 5. The van der Waals surface area contributed by atoms with E-state index in [9.17, 15) is 28.6 Å². The molecule has 3 aromatic rings. The van der Waals surface area contributed by atoms with Gasteiger partial charge in [-0.3, -0.25) is 14.5 Å². The molecule has 9 heteroatoms. The number of carbonyl (C=O) groups excluding carboxylic acids is 2. The number of Topliss-reactive ketones (excluding diaryl/α,β-unsaturated/α-hetero) is 1. The predicted octanol–water partition coefficient (Wildman–Crippen LogP) is 5.35. The van der Waals surface area contributed by atoms with E-state index in [0.29, 0.717) is 17.9 Å². The van der Waals surface area contributed by atoms with Crippen LogP contribution < -0.4 is 9.64 Å². The molecule has 0 aliphatic carbocycles. The molecular weight excluding hydrogens is 468 g/mol. The van der Waals surface area contributed by atoms with Crippen LogP contribution in [0.25, 0.3) is 5.76 Å². The van der Waals surface area contributed by atoms with Crippen LogP contribution in [0, 0.1) is 11.6 Å². The second-order valence-corrected chi connectivity index (χ2v) is 7.84. The van der Waals surface area contributed by atoms with Crippen LogP contribution in [0.2, 0.25) is 5.02 Å². The summed E-state index contributed by atoms with van der Waals surface area (Å²) in [5.74, 6) is -4.68. The highest BCUT2D eigenvalue weighted by atomic mass is 35.5. The Kier molecular flexibility index (Phi) is 6.26. The molecule has 0 saturated carbocycles. The molecule has 174 valence electrons.